The molecule has 4 N–H and O–H groups in total. The highest BCUT2D eigenvalue weighted by atomic mass is 16.7. The zero-order valence-electron chi connectivity index (χ0n) is 14.5. The second-order valence-electron chi connectivity index (χ2n) is 6.01. The second-order valence-corrected chi connectivity index (χ2v) is 6.01. The molecule has 0 fully saturated rings. The Hall–Kier alpha value is -3.81. The Morgan fingerprint density at radius 1 is 1.19 bits per heavy atom. The number of aryl methyl sites for hydroxylation is 1. The number of amidine groups is 1. The molecule has 136 valence electrons. The molecule has 1 aromatic heterocycles. The molecule has 0 atom stereocenters. The summed E-state index contributed by atoms with van der Waals surface area (Å²) in [6.07, 6.45) is 1.69. The van der Waals surface area contributed by atoms with Crippen molar-refractivity contribution in [1.82, 2.24) is 4.98 Å². The number of anilines is 1. The van der Waals surface area contributed by atoms with Crippen molar-refractivity contribution in [3.05, 3.63) is 59.3 Å². The molecule has 8 heteroatoms. The molecule has 0 aliphatic carbocycles. The maximum Gasteiger partial charge on any atom is 0.231 e. The summed E-state index contributed by atoms with van der Waals surface area (Å²) >= 11 is 0. The van der Waals surface area contributed by atoms with Gasteiger partial charge in [-0.3, -0.25) is 10.4 Å². The van der Waals surface area contributed by atoms with Crippen molar-refractivity contribution in [2.24, 2.45) is 16.0 Å². The van der Waals surface area contributed by atoms with E-state index in [1.54, 1.807) is 18.3 Å². The fourth-order valence-electron chi connectivity index (χ4n) is 2.81. The van der Waals surface area contributed by atoms with Crippen molar-refractivity contribution < 1.29 is 14.7 Å². The first kappa shape index (κ1) is 16.6. The first-order chi connectivity index (χ1) is 13.1. The van der Waals surface area contributed by atoms with Crippen LogP contribution >= 0.6 is 0 Å². The lowest BCUT2D eigenvalue weighted by molar-refractivity contribution is 0.174. The summed E-state index contributed by atoms with van der Waals surface area (Å²) < 4.78 is 10.9. The van der Waals surface area contributed by atoms with Crippen LogP contribution in [0.25, 0.3) is 10.9 Å². The van der Waals surface area contributed by atoms with Gasteiger partial charge in [-0.1, -0.05) is 29.4 Å². The smallest absolute Gasteiger partial charge is 0.231 e. The average Bonchev–Trinajstić information content (AvgIpc) is 3.13. The Bertz CT molecular complexity index is 1060. The van der Waals surface area contributed by atoms with Crippen molar-refractivity contribution in [3.8, 4) is 11.5 Å². The quantitative estimate of drug-likeness (QED) is 0.284. The molecule has 2 aromatic carbocycles. The molecule has 0 saturated heterocycles. The van der Waals surface area contributed by atoms with Crippen LogP contribution in [-0.4, -0.2) is 29.0 Å². The van der Waals surface area contributed by atoms with E-state index in [1.807, 2.05) is 37.3 Å². The number of hydrazone groups is 1. The second kappa shape index (κ2) is 6.83. The number of nitrogens with one attached hydrogen (secondary N) is 1. The molecule has 1 aliphatic heterocycles. The van der Waals surface area contributed by atoms with E-state index < -0.39 is 0 Å². The fourth-order valence-corrected chi connectivity index (χ4v) is 2.81. The van der Waals surface area contributed by atoms with E-state index in [1.165, 1.54) is 0 Å². The van der Waals surface area contributed by atoms with Crippen LogP contribution in [0, 0.1) is 6.92 Å². The van der Waals surface area contributed by atoms with Crippen LogP contribution in [-0.2, 0) is 0 Å². The van der Waals surface area contributed by atoms with Gasteiger partial charge in [0.05, 0.1) is 17.4 Å². The van der Waals surface area contributed by atoms with E-state index in [0.29, 0.717) is 17.1 Å². The fraction of sp³-hybridized carbons (Fsp3) is 0.105. The Labute approximate surface area is 154 Å². The standard InChI is InChI=1S/C19H17N5O3/c1-11-6-16(14-7-17-18(27-10-26-17)8-15(14)22-11)23-21-9-12-2-4-13(5-3-12)19(20)24-25/h2-9,25H,10H2,1H3,(H2,20,24)(H,22,23)/b21-9+. The molecule has 8 nitrogen and oxygen atoms in total. The van der Waals surface area contributed by atoms with Crippen LogP contribution < -0.4 is 20.6 Å². The van der Waals surface area contributed by atoms with Gasteiger partial charge in [0.25, 0.3) is 0 Å². The van der Waals surface area contributed by atoms with Crippen molar-refractivity contribution >= 4 is 28.6 Å². The van der Waals surface area contributed by atoms with E-state index >= 15 is 0 Å². The molecule has 27 heavy (non-hydrogen) atoms. The number of pyridine rings is 1. The first-order valence-electron chi connectivity index (χ1n) is 8.22. The minimum Gasteiger partial charge on any atom is -0.454 e. The van der Waals surface area contributed by atoms with Gasteiger partial charge in [-0.2, -0.15) is 5.10 Å². The van der Waals surface area contributed by atoms with Crippen molar-refractivity contribution in [3.63, 3.8) is 0 Å². The van der Waals surface area contributed by atoms with Gasteiger partial charge in [0, 0.05) is 22.7 Å². The third-order valence-corrected chi connectivity index (χ3v) is 4.14. The van der Waals surface area contributed by atoms with E-state index in [-0.39, 0.29) is 12.6 Å². The lowest BCUT2D eigenvalue weighted by Crippen LogP contribution is -2.12. The summed E-state index contributed by atoms with van der Waals surface area (Å²) in [6.45, 7) is 2.14. The lowest BCUT2D eigenvalue weighted by atomic mass is 10.1. The Kier molecular flexibility index (Phi) is 4.21. The molecular weight excluding hydrogens is 346 g/mol. The van der Waals surface area contributed by atoms with E-state index in [2.05, 4.69) is 20.7 Å². The van der Waals surface area contributed by atoms with Crippen LogP contribution in [0.3, 0.4) is 0 Å². The van der Waals surface area contributed by atoms with Gasteiger partial charge in [0.2, 0.25) is 6.79 Å². The largest absolute Gasteiger partial charge is 0.454 e. The molecule has 0 radical (unpaired) electrons. The molecule has 1 aliphatic rings. The van der Waals surface area contributed by atoms with Crippen LogP contribution in [0.1, 0.15) is 16.8 Å². The minimum atomic E-state index is 0.0640. The topological polar surface area (TPSA) is 114 Å². The van der Waals surface area contributed by atoms with Gasteiger partial charge in [-0.15, -0.1) is 0 Å². The maximum absolute atomic E-state index is 8.70. The maximum atomic E-state index is 8.70. The molecule has 4 rings (SSSR count). The molecule has 3 aromatic rings. The Balaban J connectivity index is 1.59. The van der Waals surface area contributed by atoms with Gasteiger partial charge in [0.1, 0.15) is 0 Å². The highest BCUT2D eigenvalue weighted by Gasteiger charge is 2.16. The van der Waals surface area contributed by atoms with Gasteiger partial charge in [-0.25, -0.2) is 0 Å². The first-order valence-corrected chi connectivity index (χ1v) is 8.22. The third-order valence-electron chi connectivity index (χ3n) is 4.14. The lowest BCUT2D eigenvalue weighted by Gasteiger charge is -2.08. The molecule has 0 saturated carbocycles. The molecule has 2 heterocycles. The van der Waals surface area contributed by atoms with Crippen LogP contribution in [0.2, 0.25) is 0 Å². The predicted molar refractivity (Wildman–Crippen MR) is 103 cm³/mol. The molecular formula is C19H17N5O3. The number of aromatic nitrogens is 1. The zero-order chi connectivity index (χ0) is 18.8. The minimum absolute atomic E-state index is 0.0640. The average molecular weight is 363 g/mol. The van der Waals surface area contributed by atoms with E-state index in [4.69, 9.17) is 20.4 Å². The van der Waals surface area contributed by atoms with Gasteiger partial charge >= 0.3 is 0 Å². The summed E-state index contributed by atoms with van der Waals surface area (Å²) in [6, 6.07) is 12.8. The van der Waals surface area contributed by atoms with E-state index in [9.17, 15) is 0 Å². The number of hydrogen-bond acceptors (Lipinski definition) is 7. The van der Waals surface area contributed by atoms with Crippen molar-refractivity contribution in [2.45, 2.75) is 6.92 Å². The third kappa shape index (κ3) is 3.32. The normalized spacial score (nSPS) is 13.4. The molecule has 0 amide bonds. The van der Waals surface area contributed by atoms with Gasteiger partial charge in [-0.05, 0) is 24.6 Å². The summed E-state index contributed by atoms with van der Waals surface area (Å²) in [5, 5.41) is 16.9. The summed E-state index contributed by atoms with van der Waals surface area (Å²) in [5.41, 5.74) is 12.6. The number of nitrogens with zero attached hydrogens (tertiary/aromatic N) is 3. The number of rotatable bonds is 4. The number of oxime groups is 1. The summed E-state index contributed by atoms with van der Waals surface area (Å²) in [7, 11) is 0. The Morgan fingerprint density at radius 3 is 2.67 bits per heavy atom. The van der Waals surface area contributed by atoms with Crippen molar-refractivity contribution in [2.75, 3.05) is 12.2 Å². The molecule has 0 unspecified atom stereocenters. The zero-order valence-corrected chi connectivity index (χ0v) is 14.5. The van der Waals surface area contributed by atoms with Gasteiger partial charge in [0.15, 0.2) is 17.3 Å². The number of fused-ring (bicyclic) bond motifs is 2. The van der Waals surface area contributed by atoms with Crippen LogP contribution in [0.4, 0.5) is 5.69 Å². The highest BCUT2D eigenvalue weighted by molar-refractivity contribution is 5.98. The highest BCUT2D eigenvalue weighted by Crippen LogP contribution is 2.38. The summed E-state index contributed by atoms with van der Waals surface area (Å²) in [4.78, 5) is 4.54. The van der Waals surface area contributed by atoms with E-state index in [0.717, 1.165) is 27.8 Å². The molecule has 0 bridgehead atoms. The number of benzene rings is 2. The van der Waals surface area contributed by atoms with Gasteiger partial charge < -0.3 is 20.4 Å². The Morgan fingerprint density at radius 2 is 1.93 bits per heavy atom. The van der Waals surface area contributed by atoms with Crippen LogP contribution in [0.15, 0.2) is 52.7 Å². The number of nitrogens with two attached hydrogens (primary N) is 1. The van der Waals surface area contributed by atoms with Crippen LogP contribution in [0.5, 0.6) is 11.5 Å². The number of hydrogen-bond donors (Lipinski definition) is 3. The number of ether oxygens (including phenoxy) is 2. The SMILES string of the molecule is Cc1cc(N/N=C/c2ccc(/C(N)=N/O)cc2)c2cc3c(cc2n1)OCO3. The van der Waals surface area contributed by atoms with Crippen molar-refractivity contribution in [1.29, 1.82) is 0 Å². The monoisotopic (exact) mass is 363 g/mol. The summed E-state index contributed by atoms with van der Waals surface area (Å²) in [5.74, 6) is 1.45. The molecule has 0 spiro atoms. The predicted octanol–water partition coefficient (Wildman–Crippen LogP) is 2.81.